The van der Waals surface area contributed by atoms with E-state index in [4.69, 9.17) is 18.0 Å². The van der Waals surface area contributed by atoms with Crippen molar-refractivity contribution in [1.29, 1.82) is 0 Å². The molecule has 1 aromatic carbocycles. The van der Waals surface area contributed by atoms with Gasteiger partial charge in [-0.3, -0.25) is 0 Å². The summed E-state index contributed by atoms with van der Waals surface area (Å²) < 4.78 is 0. The molecule has 2 nitrogen and oxygen atoms in total. The fraction of sp³-hybridized carbons (Fsp3) is 0.417. The van der Waals surface area contributed by atoms with Crippen molar-refractivity contribution in [3.63, 3.8) is 0 Å². The molecule has 0 aromatic heterocycles. The highest BCUT2D eigenvalue weighted by Gasteiger charge is 2.07. The Kier molecular flexibility index (Phi) is 4.09. The summed E-state index contributed by atoms with van der Waals surface area (Å²) >= 11 is 5.02. The lowest BCUT2D eigenvalue weighted by atomic mass is 10.1. The second kappa shape index (κ2) is 5.12. The number of nitrogens with two attached hydrogens (primary N) is 1. The van der Waals surface area contributed by atoms with Crippen LogP contribution >= 0.6 is 12.2 Å². The van der Waals surface area contributed by atoms with E-state index in [9.17, 15) is 0 Å². The highest BCUT2D eigenvalue weighted by molar-refractivity contribution is 7.80. The predicted molar refractivity (Wildman–Crippen MR) is 70.4 cm³/mol. The van der Waals surface area contributed by atoms with Crippen LogP contribution in [0.4, 0.5) is 5.69 Å². The van der Waals surface area contributed by atoms with Gasteiger partial charge in [-0.1, -0.05) is 25.2 Å². The molecule has 15 heavy (non-hydrogen) atoms. The second-order valence-corrected chi connectivity index (χ2v) is 4.31. The van der Waals surface area contributed by atoms with Crippen LogP contribution in [-0.4, -0.2) is 11.0 Å². The van der Waals surface area contributed by atoms with Gasteiger partial charge in [0.25, 0.3) is 0 Å². The van der Waals surface area contributed by atoms with Crippen molar-refractivity contribution in [3.05, 3.63) is 29.3 Å². The standard InChI is InChI=1S/C12H18N2S/c1-4-9(3)14-11-7-8(2)5-6-10(11)12(13)15/h5-7,9,14H,4H2,1-3H3,(H2,13,15). The predicted octanol–water partition coefficient (Wildman–Crippen LogP) is 2.84. The van der Waals surface area contributed by atoms with Crippen LogP contribution < -0.4 is 11.1 Å². The maximum Gasteiger partial charge on any atom is 0.106 e. The number of benzene rings is 1. The van der Waals surface area contributed by atoms with Gasteiger partial charge in [0, 0.05) is 17.3 Å². The monoisotopic (exact) mass is 222 g/mol. The third-order valence-corrected chi connectivity index (χ3v) is 2.67. The quantitative estimate of drug-likeness (QED) is 0.769. The van der Waals surface area contributed by atoms with Crippen molar-refractivity contribution < 1.29 is 0 Å². The fourth-order valence-corrected chi connectivity index (χ4v) is 1.54. The van der Waals surface area contributed by atoms with E-state index < -0.39 is 0 Å². The van der Waals surface area contributed by atoms with Gasteiger partial charge in [0.15, 0.2) is 0 Å². The summed E-state index contributed by atoms with van der Waals surface area (Å²) in [5, 5.41) is 3.41. The molecule has 0 aliphatic carbocycles. The number of thiocarbonyl (C=S) groups is 1. The molecule has 0 aliphatic heterocycles. The maximum absolute atomic E-state index is 5.67. The second-order valence-electron chi connectivity index (χ2n) is 3.87. The van der Waals surface area contributed by atoms with Crippen LogP contribution in [0.15, 0.2) is 18.2 Å². The van der Waals surface area contributed by atoms with E-state index in [1.807, 2.05) is 12.1 Å². The Morgan fingerprint density at radius 2 is 2.20 bits per heavy atom. The third kappa shape index (κ3) is 3.20. The lowest BCUT2D eigenvalue weighted by molar-refractivity contribution is 0.764. The van der Waals surface area contributed by atoms with Gasteiger partial charge in [0.2, 0.25) is 0 Å². The SMILES string of the molecule is CCC(C)Nc1cc(C)ccc1C(N)=S. The Balaban J connectivity index is 3.02. The molecule has 0 spiro atoms. The first-order valence-electron chi connectivity index (χ1n) is 5.21. The van der Waals surface area contributed by atoms with E-state index in [1.54, 1.807) is 0 Å². The molecule has 0 radical (unpaired) electrons. The molecule has 0 amide bonds. The van der Waals surface area contributed by atoms with Crippen LogP contribution in [0.2, 0.25) is 0 Å². The molecule has 1 atom stereocenters. The Morgan fingerprint density at radius 3 is 2.73 bits per heavy atom. The van der Waals surface area contributed by atoms with Crippen molar-refractivity contribution in [1.82, 2.24) is 0 Å². The minimum atomic E-state index is 0.430. The van der Waals surface area contributed by atoms with Crippen molar-refractivity contribution in [2.24, 2.45) is 5.73 Å². The van der Waals surface area contributed by atoms with E-state index in [0.29, 0.717) is 11.0 Å². The molecular weight excluding hydrogens is 204 g/mol. The number of hydrogen-bond donors (Lipinski definition) is 2. The Labute approximate surface area is 96.9 Å². The van der Waals surface area contributed by atoms with Crippen molar-refractivity contribution in [3.8, 4) is 0 Å². The van der Waals surface area contributed by atoms with Gasteiger partial charge >= 0.3 is 0 Å². The zero-order valence-electron chi connectivity index (χ0n) is 9.50. The zero-order valence-corrected chi connectivity index (χ0v) is 10.3. The fourth-order valence-electron chi connectivity index (χ4n) is 1.36. The maximum atomic E-state index is 5.67. The molecule has 82 valence electrons. The Morgan fingerprint density at radius 1 is 1.53 bits per heavy atom. The third-order valence-electron chi connectivity index (χ3n) is 2.45. The molecule has 1 unspecified atom stereocenters. The molecular formula is C12H18N2S. The molecule has 3 heteroatoms. The summed E-state index contributed by atoms with van der Waals surface area (Å²) in [4.78, 5) is 0.445. The van der Waals surface area contributed by atoms with Gasteiger partial charge in [-0.05, 0) is 38.0 Å². The van der Waals surface area contributed by atoms with Gasteiger partial charge in [-0.15, -0.1) is 0 Å². The lowest BCUT2D eigenvalue weighted by Crippen LogP contribution is -2.18. The minimum Gasteiger partial charge on any atom is -0.389 e. The van der Waals surface area contributed by atoms with E-state index in [-0.39, 0.29) is 0 Å². The summed E-state index contributed by atoms with van der Waals surface area (Å²) in [7, 11) is 0. The van der Waals surface area contributed by atoms with Crippen molar-refractivity contribution in [2.75, 3.05) is 5.32 Å². The van der Waals surface area contributed by atoms with Gasteiger partial charge in [0.1, 0.15) is 4.99 Å². The van der Waals surface area contributed by atoms with Crippen LogP contribution in [0.5, 0.6) is 0 Å². The van der Waals surface area contributed by atoms with Crippen LogP contribution in [0.3, 0.4) is 0 Å². The molecule has 0 heterocycles. The topological polar surface area (TPSA) is 38.0 Å². The molecule has 1 rings (SSSR count). The van der Waals surface area contributed by atoms with Crippen molar-refractivity contribution in [2.45, 2.75) is 33.2 Å². The van der Waals surface area contributed by atoms with Gasteiger partial charge in [0.05, 0.1) is 0 Å². The highest BCUT2D eigenvalue weighted by atomic mass is 32.1. The van der Waals surface area contributed by atoms with E-state index in [2.05, 4.69) is 32.2 Å². The molecule has 0 fully saturated rings. The van der Waals surface area contributed by atoms with E-state index >= 15 is 0 Å². The zero-order chi connectivity index (χ0) is 11.4. The number of aryl methyl sites for hydroxylation is 1. The summed E-state index contributed by atoms with van der Waals surface area (Å²) in [6.45, 7) is 6.35. The van der Waals surface area contributed by atoms with Crippen LogP contribution in [-0.2, 0) is 0 Å². The van der Waals surface area contributed by atoms with E-state index in [1.165, 1.54) is 5.56 Å². The number of rotatable bonds is 4. The number of nitrogens with one attached hydrogen (secondary N) is 1. The van der Waals surface area contributed by atoms with Crippen LogP contribution in [0.1, 0.15) is 31.4 Å². The molecule has 0 saturated heterocycles. The van der Waals surface area contributed by atoms with Crippen LogP contribution in [0.25, 0.3) is 0 Å². The highest BCUT2D eigenvalue weighted by Crippen LogP contribution is 2.19. The smallest absolute Gasteiger partial charge is 0.106 e. The Bertz CT molecular complexity index is 361. The van der Waals surface area contributed by atoms with Gasteiger partial charge in [-0.2, -0.15) is 0 Å². The number of hydrogen-bond acceptors (Lipinski definition) is 2. The molecule has 3 N–H and O–H groups in total. The first-order chi connectivity index (χ1) is 7.04. The first kappa shape index (κ1) is 12.0. The minimum absolute atomic E-state index is 0.430. The molecule has 0 bridgehead atoms. The molecule has 0 saturated carbocycles. The van der Waals surface area contributed by atoms with Crippen LogP contribution in [0, 0.1) is 6.92 Å². The lowest BCUT2D eigenvalue weighted by Gasteiger charge is -2.16. The average Bonchev–Trinajstić information content (AvgIpc) is 2.17. The van der Waals surface area contributed by atoms with Gasteiger partial charge < -0.3 is 11.1 Å². The summed E-state index contributed by atoms with van der Waals surface area (Å²) in [5.41, 5.74) is 8.85. The molecule has 1 aromatic rings. The summed E-state index contributed by atoms with van der Waals surface area (Å²) in [5.74, 6) is 0. The first-order valence-corrected chi connectivity index (χ1v) is 5.62. The average molecular weight is 222 g/mol. The number of anilines is 1. The van der Waals surface area contributed by atoms with Gasteiger partial charge in [-0.25, -0.2) is 0 Å². The molecule has 0 aliphatic rings. The van der Waals surface area contributed by atoms with Crippen molar-refractivity contribution >= 4 is 22.9 Å². The Hall–Kier alpha value is -1.09. The largest absolute Gasteiger partial charge is 0.389 e. The summed E-state index contributed by atoms with van der Waals surface area (Å²) in [6.07, 6.45) is 1.07. The normalized spacial score (nSPS) is 12.2. The summed E-state index contributed by atoms with van der Waals surface area (Å²) in [6, 6.07) is 6.51. The van der Waals surface area contributed by atoms with E-state index in [0.717, 1.165) is 17.7 Å².